The van der Waals surface area contributed by atoms with E-state index in [9.17, 15) is 0 Å². The minimum Gasteiger partial charge on any atom is -0.384 e. The smallest absolute Gasteiger partial charge is 0.255 e. The molecule has 2 aromatic heterocycles. The summed E-state index contributed by atoms with van der Waals surface area (Å²) in [6, 6.07) is 8.26. The van der Waals surface area contributed by atoms with E-state index in [-0.39, 0.29) is 0 Å². The minimum absolute atomic E-state index is 0.626. The predicted molar refractivity (Wildman–Crippen MR) is 68.4 cm³/mol. The van der Waals surface area contributed by atoms with Gasteiger partial charge in [0.15, 0.2) is 5.82 Å². The number of rotatable bonds is 1. The second-order valence-electron chi connectivity index (χ2n) is 4.36. The van der Waals surface area contributed by atoms with Gasteiger partial charge in [0.2, 0.25) is 0 Å². The highest BCUT2D eigenvalue weighted by atomic mass is 15.3. The largest absolute Gasteiger partial charge is 0.384 e. The molecule has 0 amide bonds. The quantitative estimate of drug-likeness (QED) is 0.700. The Hall–Kier alpha value is -2.43. The number of aromatic nitrogens is 4. The van der Waals surface area contributed by atoms with Crippen LogP contribution in [0.3, 0.4) is 0 Å². The maximum atomic E-state index is 4.21. The fraction of sp³-hybridized carbons (Fsp3) is 0.154. The number of hydrogen-bond donors (Lipinski definition) is 1. The molecular formula is C13H11N5. The van der Waals surface area contributed by atoms with Crippen molar-refractivity contribution in [3.05, 3.63) is 42.2 Å². The lowest BCUT2D eigenvalue weighted by molar-refractivity contribution is 1.10. The highest BCUT2D eigenvalue weighted by molar-refractivity contribution is 5.68. The third-order valence-electron chi connectivity index (χ3n) is 3.27. The zero-order chi connectivity index (χ0) is 11.9. The Labute approximate surface area is 104 Å². The fourth-order valence-electron chi connectivity index (χ4n) is 2.37. The van der Waals surface area contributed by atoms with Crippen LogP contribution in [0.1, 0.15) is 5.56 Å². The first-order chi connectivity index (χ1) is 8.92. The van der Waals surface area contributed by atoms with E-state index in [0.717, 1.165) is 24.4 Å². The van der Waals surface area contributed by atoms with E-state index >= 15 is 0 Å². The highest BCUT2D eigenvalue weighted by Crippen LogP contribution is 2.27. The van der Waals surface area contributed by atoms with E-state index in [1.807, 2.05) is 16.7 Å². The Morgan fingerprint density at radius 3 is 3.22 bits per heavy atom. The fourth-order valence-corrected chi connectivity index (χ4v) is 2.37. The zero-order valence-corrected chi connectivity index (χ0v) is 9.67. The second-order valence-corrected chi connectivity index (χ2v) is 4.36. The number of nitrogens with zero attached hydrogens (tertiary/aromatic N) is 4. The van der Waals surface area contributed by atoms with Crippen LogP contribution >= 0.6 is 0 Å². The van der Waals surface area contributed by atoms with Crippen molar-refractivity contribution < 1.29 is 0 Å². The maximum absolute atomic E-state index is 4.21. The summed E-state index contributed by atoms with van der Waals surface area (Å²) in [5.41, 5.74) is 3.63. The molecule has 0 fully saturated rings. The molecule has 3 heterocycles. The Morgan fingerprint density at radius 1 is 1.22 bits per heavy atom. The third-order valence-corrected chi connectivity index (χ3v) is 3.27. The van der Waals surface area contributed by atoms with Gasteiger partial charge in [-0.15, -0.1) is 10.2 Å². The number of hydrogen-bond acceptors (Lipinski definition) is 4. The van der Waals surface area contributed by atoms with Crippen molar-refractivity contribution >= 4 is 11.5 Å². The molecule has 0 saturated heterocycles. The van der Waals surface area contributed by atoms with E-state index in [1.54, 1.807) is 6.20 Å². The first-order valence-corrected chi connectivity index (χ1v) is 5.95. The molecule has 1 aliphatic heterocycles. The van der Waals surface area contributed by atoms with Crippen molar-refractivity contribution in [2.45, 2.75) is 6.42 Å². The Morgan fingerprint density at radius 2 is 2.22 bits per heavy atom. The van der Waals surface area contributed by atoms with Gasteiger partial charge in [0.1, 0.15) is 0 Å². The molecule has 1 N–H and O–H groups in total. The molecule has 0 saturated carbocycles. The molecule has 0 bridgehead atoms. The average Bonchev–Trinajstić information content (AvgIpc) is 3.04. The minimum atomic E-state index is 0.626. The monoisotopic (exact) mass is 237 g/mol. The van der Waals surface area contributed by atoms with Crippen LogP contribution in [0.25, 0.3) is 17.2 Å². The highest BCUT2D eigenvalue weighted by Gasteiger charge is 2.13. The summed E-state index contributed by atoms with van der Waals surface area (Å²) < 4.78 is 1.90. The summed E-state index contributed by atoms with van der Waals surface area (Å²) in [6.45, 7) is 1.01. The van der Waals surface area contributed by atoms with Gasteiger partial charge in [0.05, 0.1) is 0 Å². The number of nitrogens with one attached hydrogen (secondary N) is 1. The van der Waals surface area contributed by atoms with Gasteiger partial charge in [-0.1, -0.05) is 12.1 Å². The second kappa shape index (κ2) is 3.53. The number of benzene rings is 1. The van der Waals surface area contributed by atoms with Crippen LogP contribution in [0.15, 0.2) is 36.7 Å². The van der Waals surface area contributed by atoms with E-state index in [0.29, 0.717) is 5.78 Å². The first-order valence-electron chi connectivity index (χ1n) is 5.95. The Kier molecular flexibility index (Phi) is 1.88. The van der Waals surface area contributed by atoms with Gasteiger partial charge in [-0.3, -0.25) is 4.40 Å². The standard InChI is InChI=1S/C13H11N5/c1-5-15-13-17-16-12(18(13)7-1)10-3-2-9-4-6-14-11(9)8-10/h1-3,5,7-8,14H,4,6H2. The normalized spacial score (nSPS) is 13.6. The van der Waals surface area contributed by atoms with Crippen LogP contribution in [0, 0.1) is 0 Å². The molecule has 5 heteroatoms. The van der Waals surface area contributed by atoms with Gasteiger partial charge in [0, 0.05) is 30.2 Å². The molecule has 0 unspecified atom stereocenters. The van der Waals surface area contributed by atoms with Crippen molar-refractivity contribution in [3.8, 4) is 11.4 Å². The van der Waals surface area contributed by atoms with E-state index in [2.05, 4.69) is 38.7 Å². The van der Waals surface area contributed by atoms with Gasteiger partial charge in [-0.2, -0.15) is 0 Å². The Bertz CT molecular complexity index is 731. The van der Waals surface area contributed by atoms with Crippen LogP contribution in [-0.4, -0.2) is 26.1 Å². The van der Waals surface area contributed by atoms with Crippen LogP contribution in [-0.2, 0) is 6.42 Å². The summed E-state index contributed by atoms with van der Waals surface area (Å²) in [5.74, 6) is 1.45. The summed E-state index contributed by atoms with van der Waals surface area (Å²) in [5, 5.41) is 11.7. The zero-order valence-electron chi connectivity index (χ0n) is 9.67. The SMILES string of the molecule is c1cnc2nnc(-c3ccc4c(c3)NCC4)n2c1. The molecule has 18 heavy (non-hydrogen) atoms. The molecule has 88 valence electrons. The van der Waals surface area contributed by atoms with Crippen molar-refractivity contribution in [1.82, 2.24) is 19.6 Å². The molecule has 0 spiro atoms. The molecule has 1 aliphatic rings. The Balaban J connectivity index is 1.92. The molecule has 0 atom stereocenters. The van der Waals surface area contributed by atoms with Crippen LogP contribution < -0.4 is 5.32 Å². The van der Waals surface area contributed by atoms with Gasteiger partial charge in [0.25, 0.3) is 5.78 Å². The lowest BCUT2D eigenvalue weighted by Crippen LogP contribution is -1.93. The van der Waals surface area contributed by atoms with E-state index in [4.69, 9.17) is 0 Å². The van der Waals surface area contributed by atoms with Crippen molar-refractivity contribution in [2.24, 2.45) is 0 Å². The van der Waals surface area contributed by atoms with Gasteiger partial charge in [-0.05, 0) is 24.1 Å². The lowest BCUT2D eigenvalue weighted by Gasteiger charge is -2.03. The maximum Gasteiger partial charge on any atom is 0.255 e. The van der Waals surface area contributed by atoms with Gasteiger partial charge >= 0.3 is 0 Å². The van der Waals surface area contributed by atoms with Crippen molar-refractivity contribution in [1.29, 1.82) is 0 Å². The summed E-state index contributed by atoms with van der Waals surface area (Å²) >= 11 is 0. The lowest BCUT2D eigenvalue weighted by atomic mass is 10.1. The van der Waals surface area contributed by atoms with Crippen molar-refractivity contribution in [2.75, 3.05) is 11.9 Å². The molecule has 0 radical (unpaired) electrons. The molecule has 4 rings (SSSR count). The molecule has 0 aliphatic carbocycles. The molecule has 3 aromatic rings. The predicted octanol–water partition coefficient (Wildman–Crippen LogP) is 1.76. The van der Waals surface area contributed by atoms with Crippen LogP contribution in [0.5, 0.6) is 0 Å². The topological polar surface area (TPSA) is 55.1 Å². The van der Waals surface area contributed by atoms with Crippen LogP contribution in [0.2, 0.25) is 0 Å². The number of anilines is 1. The van der Waals surface area contributed by atoms with Gasteiger partial charge in [-0.25, -0.2) is 4.98 Å². The van der Waals surface area contributed by atoms with E-state index < -0.39 is 0 Å². The summed E-state index contributed by atoms with van der Waals surface area (Å²) in [6.07, 6.45) is 4.74. The van der Waals surface area contributed by atoms with E-state index in [1.165, 1.54) is 11.3 Å². The third kappa shape index (κ3) is 1.30. The summed E-state index contributed by atoms with van der Waals surface area (Å²) in [4.78, 5) is 4.17. The van der Waals surface area contributed by atoms with Crippen molar-refractivity contribution in [3.63, 3.8) is 0 Å². The molecule has 1 aromatic carbocycles. The average molecular weight is 237 g/mol. The van der Waals surface area contributed by atoms with Gasteiger partial charge < -0.3 is 5.32 Å². The molecule has 5 nitrogen and oxygen atoms in total. The first kappa shape index (κ1) is 9.58. The number of fused-ring (bicyclic) bond motifs is 2. The summed E-state index contributed by atoms with van der Waals surface area (Å²) in [7, 11) is 0. The molecular weight excluding hydrogens is 226 g/mol. The van der Waals surface area contributed by atoms with Crippen LogP contribution in [0.4, 0.5) is 5.69 Å².